The first-order valence-electron chi connectivity index (χ1n) is 9.04. The highest BCUT2D eigenvalue weighted by atomic mass is 32.2. The fourth-order valence-electron chi connectivity index (χ4n) is 3.04. The molecule has 0 spiro atoms. The SMILES string of the molecule is CCN1C(=O)/C(=C/c2cc(N=Nc3cccc4ccccc34)ccc2O)SC1=S. The molecular weight excluding hydrogens is 402 g/mol. The van der Waals surface area contributed by atoms with Crippen LogP contribution in [0.15, 0.2) is 75.8 Å². The molecule has 0 radical (unpaired) electrons. The van der Waals surface area contributed by atoms with Gasteiger partial charge in [0, 0.05) is 17.5 Å². The number of thioether (sulfide) groups is 1. The minimum Gasteiger partial charge on any atom is -0.507 e. The number of azo groups is 1. The van der Waals surface area contributed by atoms with E-state index in [9.17, 15) is 9.90 Å². The number of hydrogen-bond donors (Lipinski definition) is 1. The molecule has 1 N–H and O–H groups in total. The van der Waals surface area contributed by atoms with E-state index in [1.165, 1.54) is 16.7 Å². The van der Waals surface area contributed by atoms with Crippen LogP contribution in [0.1, 0.15) is 12.5 Å². The molecule has 3 aromatic carbocycles. The Hall–Kier alpha value is -3.03. The van der Waals surface area contributed by atoms with E-state index < -0.39 is 0 Å². The summed E-state index contributed by atoms with van der Waals surface area (Å²) in [4.78, 5) is 14.4. The summed E-state index contributed by atoms with van der Waals surface area (Å²) >= 11 is 6.47. The number of hydrogen-bond acceptors (Lipinski definition) is 6. The standard InChI is InChI=1S/C22H17N3O2S2/c1-2-25-21(27)20(29-22(25)28)13-15-12-16(10-11-19(15)26)23-24-18-9-5-7-14-6-3-4-8-17(14)18/h3-13,26H,2H2,1H3/b20-13-,24-23?. The summed E-state index contributed by atoms with van der Waals surface area (Å²) in [5.74, 6) is -0.0828. The van der Waals surface area contributed by atoms with E-state index >= 15 is 0 Å². The summed E-state index contributed by atoms with van der Waals surface area (Å²) in [5.41, 5.74) is 1.84. The second kappa shape index (κ2) is 8.14. The van der Waals surface area contributed by atoms with Gasteiger partial charge in [0.2, 0.25) is 0 Å². The van der Waals surface area contributed by atoms with Gasteiger partial charge in [0.15, 0.2) is 0 Å². The number of fused-ring (bicyclic) bond motifs is 1. The molecule has 1 amide bonds. The molecular formula is C22H17N3O2S2. The van der Waals surface area contributed by atoms with Crippen LogP contribution in [0.5, 0.6) is 5.75 Å². The molecule has 3 aromatic rings. The number of carbonyl (C=O) groups excluding carboxylic acids is 1. The van der Waals surface area contributed by atoms with Gasteiger partial charge in [-0.25, -0.2) is 0 Å². The van der Waals surface area contributed by atoms with E-state index in [0.717, 1.165) is 16.5 Å². The highest BCUT2D eigenvalue weighted by Gasteiger charge is 2.30. The predicted molar refractivity (Wildman–Crippen MR) is 122 cm³/mol. The van der Waals surface area contributed by atoms with Crippen LogP contribution in [-0.4, -0.2) is 26.8 Å². The van der Waals surface area contributed by atoms with Crippen molar-refractivity contribution in [2.75, 3.05) is 6.54 Å². The summed E-state index contributed by atoms with van der Waals surface area (Å²) in [7, 11) is 0. The first kappa shape index (κ1) is 19.3. The molecule has 7 heteroatoms. The number of phenolic OH excluding ortho intramolecular Hbond substituents is 1. The van der Waals surface area contributed by atoms with Gasteiger partial charge in [-0.05, 0) is 42.7 Å². The summed E-state index contributed by atoms with van der Waals surface area (Å²) in [6, 6.07) is 18.8. The highest BCUT2D eigenvalue weighted by Crippen LogP contribution is 2.35. The fraction of sp³-hybridized carbons (Fsp3) is 0.0909. The number of carbonyl (C=O) groups is 1. The molecule has 0 unspecified atom stereocenters. The van der Waals surface area contributed by atoms with Crippen molar-refractivity contribution in [1.29, 1.82) is 0 Å². The molecule has 1 heterocycles. The number of aromatic hydroxyl groups is 1. The van der Waals surface area contributed by atoms with Gasteiger partial charge >= 0.3 is 0 Å². The number of amides is 1. The molecule has 0 aromatic heterocycles. The van der Waals surface area contributed by atoms with Crippen molar-refractivity contribution in [3.8, 4) is 5.75 Å². The smallest absolute Gasteiger partial charge is 0.266 e. The van der Waals surface area contributed by atoms with Gasteiger partial charge in [-0.15, -0.1) is 5.11 Å². The number of rotatable bonds is 4. The normalized spacial score (nSPS) is 15.9. The number of likely N-dealkylation sites (N-methyl/N-ethyl adjacent to an activating group) is 1. The van der Waals surface area contributed by atoms with E-state index in [1.807, 2.05) is 49.4 Å². The van der Waals surface area contributed by atoms with Gasteiger partial charge in [0.05, 0.1) is 16.3 Å². The van der Waals surface area contributed by atoms with Crippen LogP contribution in [0, 0.1) is 0 Å². The first-order chi connectivity index (χ1) is 14.1. The maximum absolute atomic E-state index is 12.4. The van der Waals surface area contributed by atoms with E-state index in [1.54, 1.807) is 24.3 Å². The van der Waals surface area contributed by atoms with Crippen molar-refractivity contribution in [3.05, 3.63) is 71.1 Å². The largest absolute Gasteiger partial charge is 0.507 e. The van der Waals surface area contributed by atoms with Crippen molar-refractivity contribution in [2.45, 2.75) is 6.92 Å². The van der Waals surface area contributed by atoms with Crippen LogP contribution < -0.4 is 0 Å². The maximum Gasteiger partial charge on any atom is 0.266 e. The van der Waals surface area contributed by atoms with Crippen molar-refractivity contribution in [3.63, 3.8) is 0 Å². The summed E-state index contributed by atoms with van der Waals surface area (Å²) in [6.45, 7) is 2.40. The quantitative estimate of drug-likeness (QED) is 0.311. The lowest BCUT2D eigenvalue weighted by molar-refractivity contribution is -0.121. The monoisotopic (exact) mass is 419 g/mol. The van der Waals surface area contributed by atoms with Gasteiger partial charge in [-0.1, -0.05) is 60.4 Å². The van der Waals surface area contributed by atoms with Crippen molar-refractivity contribution in [1.82, 2.24) is 4.90 Å². The lowest BCUT2D eigenvalue weighted by atomic mass is 10.1. The molecule has 1 aliphatic rings. The zero-order valence-electron chi connectivity index (χ0n) is 15.6. The van der Waals surface area contributed by atoms with Gasteiger partial charge in [0.1, 0.15) is 10.1 Å². The molecule has 0 atom stereocenters. The molecule has 1 fully saturated rings. The topological polar surface area (TPSA) is 65.3 Å². The van der Waals surface area contributed by atoms with Crippen LogP contribution in [-0.2, 0) is 4.79 Å². The average Bonchev–Trinajstić information content (AvgIpc) is 3.00. The Kier molecular flexibility index (Phi) is 5.42. The maximum atomic E-state index is 12.4. The number of benzene rings is 3. The third-order valence-electron chi connectivity index (χ3n) is 4.53. The second-order valence-electron chi connectivity index (χ2n) is 6.37. The Morgan fingerprint density at radius 2 is 1.90 bits per heavy atom. The average molecular weight is 420 g/mol. The molecule has 29 heavy (non-hydrogen) atoms. The summed E-state index contributed by atoms with van der Waals surface area (Å²) in [5, 5.41) is 21.0. The van der Waals surface area contributed by atoms with Crippen molar-refractivity contribution in [2.24, 2.45) is 10.2 Å². The molecule has 0 bridgehead atoms. The molecule has 1 aliphatic heterocycles. The Morgan fingerprint density at radius 1 is 1.10 bits per heavy atom. The van der Waals surface area contributed by atoms with E-state index in [0.29, 0.717) is 27.0 Å². The fourth-order valence-corrected chi connectivity index (χ4v) is 4.42. The summed E-state index contributed by atoms with van der Waals surface area (Å²) in [6.07, 6.45) is 1.64. The van der Waals surface area contributed by atoms with Crippen LogP contribution in [0.3, 0.4) is 0 Å². The Balaban J connectivity index is 1.65. The molecule has 5 nitrogen and oxygen atoms in total. The molecule has 0 aliphatic carbocycles. The van der Waals surface area contributed by atoms with Gasteiger partial charge in [0.25, 0.3) is 5.91 Å². The number of thiocarbonyl (C=S) groups is 1. The predicted octanol–water partition coefficient (Wildman–Crippen LogP) is 6.18. The third kappa shape index (κ3) is 3.92. The molecule has 0 saturated carbocycles. The van der Waals surface area contributed by atoms with Gasteiger partial charge < -0.3 is 5.11 Å². The van der Waals surface area contributed by atoms with Crippen LogP contribution in [0.4, 0.5) is 11.4 Å². The molecule has 4 rings (SSSR count). The van der Waals surface area contributed by atoms with E-state index in [-0.39, 0.29) is 11.7 Å². The zero-order chi connectivity index (χ0) is 20.4. The lowest BCUT2D eigenvalue weighted by Gasteiger charge is -2.09. The number of nitrogens with zero attached hydrogens (tertiary/aromatic N) is 3. The Morgan fingerprint density at radius 3 is 2.69 bits per heavy atom. The molecule has 144 valence electrons. The van der Waals surface area contributed by atoms with Gasteiger partial charge in [-0.2, -0.15) is 5.11 Å². The second-order valence-corrected chi connectivity index (χ2v) is 8.04. The van der Waals surface area contributed by atoms with Crippen LogP contribution >= 0.6 is 24.0 Å². The minimum absolute atomic E-state index is 0.0656. The van der Waals surface area contributed by atoms with Gasteiger partial charge in [-0.3, -0.25) is 9.69 Å². The van der Waals surface area contributed by atoms with E-state index in [2.05, 4.69) is 10.2 Å². The van der Waals surface area contributed by atoms with Crippen LogP contribution in [0.2, 0.25) is 0 Å². The first-order valence-corrected chi connectivity index (χ1v) is 10.3. The van der Waals surface area contributed by atoms with Crippen molar-refractivity contribution < 1.29 is 9.90 Å². The lowest BCUT2D eigenvalue weighted by Crippen LogP contribution is -2.27. The summed E-state index contributed by atoms with van der Waals surface area (Å²) < 4.78 is 0.523. The zero-order valence-corrected chi connectivity index (χ0v) is 17.2. The Labute approximate surface area is 177 Å². The van der Waals surface area contributed by atoms with Crippen LogP contribution in [0.25, 0.3) is 16.8 Å². The molecule has 1 saturated heterocycles. The number of phenols is 1. The van der Waals surface area contributed by atoms with E-state index in [4.69, 9.17) is 12.2 Å². The minimum atomic E-state index is -0.148. The third-order valence-corrected chi connectivity index (χ3v) is 5.91. The highest BCUT2D eigenvalue weighted by molar-refractivity contribution is 8.26. The van der Waals surface area contributed by atoms with Crippen molar-refractivity contribution >= 4 is 62.4 Å². The Bertz CT molecular complexity index is 1180.